The average Bonchev–Trinajstić information content (AvgIpc) is 2.26. The molecular formula is C14H19BNO2. The third-order valence-corrected chi connectivity index (χ3v) is 3.45. The maximum atomic E-state index is 10.00. The molecule has 0 aromatic heterocycles. The van der Waals surface area contributed by atoms with Crippen molar-refractivity contribution in [2.24, 2.45) is 0 Å². The van der Waals surface area contributed by atoms with Gasteiger partial charge in [0.2, 0.25) is 0 Å². The van der Waals surface area contributed by atoms with Gasteiger partial charge >= 0.3 is 7.48 Å². The Morgan fingerprint density at radius 2 is 1.89 bits per heavy atom. The largest absolute Gasteiger partial charge is 0.427 e. The highest BCUT2D eigenvalue weighted by atomic mass is 16.5. The Kier molecular flexibility index (Phi) is 4.21. The summed E-state index contributed by atoms with van der Waals surface area (Å²) < 4.78 is 5.68. The van der Waals surface area contributed by atoms with E-state index >= 15 is 0 Å². The zero-order chi connectivity index (χ0) is 14.0. The van der Waals surface area contributed by atoms with E-state index in [1.807, 2.05) is 32.9 Å². The van der Waals surface area contributed by atoms with Crippen molar-refractivity contribution in [3.05, 3.63) is 29.3 Å². The summed E-state index contributed by atoms with van der Waals surface area (Å²) in [6.07, 6.45) is 0. The second-order valence-corrected chi connectivity index (χ2v) is 5.44. The number of aliphatic hydroxyl groups is 1. The van der Waals surface area contributed by atoms with Crippen LogP contribution in [0.3, 0.4) is 0 Å². The highest BCUT2D eigenvalue weighted by molar-refractivity contribution is 6.47. The molecule has 0 aliphatic rings. The second-order valence-electron chi connectivity index (χ2n) is 5.44. The molecule has 1 rings (SSSR count). The van der Waals surface area contributed by atoms with E-state index in [1.165, 1.54) is 0 Å². The van der Waals surface area contributed by atoms with Gasteiger partial charge in [0, 0.05) is 0 Å². The Morgan fingerprint density at radius 1 is 1.28 bits per heavy atom. The minimum atomic E-state index is -0.954. The molecule has 3 nitrogen and oxygen atoms in total. The van der Waals surface area contributed by atoms with Crippen molar-refractivity contribution in [3.63, 3.8) is 0 Å². The monoisotopic (exact) mass is 244 g/mol. The molecule has 0 aliphatic heterocycles. The third kappa shape index (κ3) is 3.13. The van der Waals surface area contributed by atoms with Crippen molar-refractivity contribution in [2.75, 3.05) is 0 Å². The van der Waals surface area contributed by atoms with Gasteiger partial charge in [-0.3, -0.25) is 0 Å². The van der Waals surface area contributed by atoms with Gasteiger partial charge in [0.1, 0.15) is 0 Å². The number of nitrogens with zero attached hydrogens (tertiary/aromatic N) is 1. The molecule has 1 aromatic carbocycles. The van der Waals surface area contributed by atoms with Gasteiger partial charge in [-0.15, -0.1) is 0 Å². The summed E-state index contributed by atoms with van der Waals surface area (Å²) in [5.74, 6) is 0. The quantitative estimate of drug-likeness (QED) is 0.820. The van der Waals surface area contributed by atoms with Gasteiger partial charge in [-0.25, -0.2) is 0 Å². The molecule has 18 heavy (non-hydrogen) atoms. The SMILES string of the molecule is Cc1c([B]OC(C)(C)C(C)(C)O)cccc1C#N. The van der Waals surface area contributed by atoms with Crippen LogP contribution in [0.25, 0.3) is 0 Å². The van der Waals surface area contributed by atoms with Crippen LogP contribution in [-0.2, 0) is 4.65 Å². The number of benzene rings is 1. The molecule has 0 spiro atoms. The topological polar surface area (TPSA) is 53.2 Å². The van der Waals surface area contributed by atoms with Gasteiger partial charge in [-0.05, 0) is 51.7 Å². The molecule has 4 heteroatoms. The number of rotatable bonds is 4. The van der Waals surface area contributed by atoms with Crippen LogP contribution < -0.4 is 5.46 Å². The smallest absolute Gasteiger partial charge is 0.331 e. The van der Waals surface area contributed by atoms with Crippen LogP contribution in [0.5, 0.6) is 0 Å². The molecule has 0 bridgehead atoms. The fraction of sp³-hybridized carbons (Fsp3) is 0.500. The minimum Gasteiger partial charge on any atom is -0.427 e. The standard InChI is InChI=1S/C14H19BNO2/c1-10-11(9-16)7-6-8-12(10)15-18-14(4,5)13(2,3)17/h6-8,17H,1-5H3. The van der Waals surface area contributed by atoms with E-state index in [2.05, 4.69) is 6.07 Å². The first-order valence-electron chi connectivity index (χ1n) is 5.92. The van der Waals surface area contributed by atoms with E-state index < -0.39 is 11.2 Å². The molecular weight excluding hydrogens is 225 g/mol. The zero-order valence-electron chi connectivity index (χ0n) is 11.6. The average molecular weight is 244 g/mol. The Hall–Kier alpha value is -1.31. The molecule has 1 radical (unpaired) electrons. The molecule has 0 amide bonds. The maximum absolute atomic E-state index is 10.00. The summed E-state index contributed by atoms with van der Waals surface area (Å²) >= 11 is 0. The van der Waals surface area contributed by atoms with Crippen LogP contribution in [0, 0.1) is 18.3 Å². The van der Waals surface area contributed by atoms with Gasteiger partial charge in [-0.1, -0.05) is 12.1 Å². The van der Waals surface area contributed by atoms with E-state index in [-0.39, 0.29) is 0 Å². The van der Waals surface area contributed by atoms with E-state index in [4.69, 9.17) is 9.92 Å². The van der Waals surface area contributed by atoms with Crippen molar-refractivity contribution in [2.45, 2.75) is 45.8 Å². The van der Waals surface area contributed by atoms with Crippen LogP contribution in [0.1, 0.15) is 38.8 Å². The van der Waals surface area contributed by atoms with Crippen LogP contribution in [-0.4, -0.2) is 23.8 Å². The van der Waals surface area contributed by atoms with Gasteiger partial charge in [-0.2, -0.15) is 5.26 Å². The van der Waals surface area contributed by atoms with Crippen molar-refractivity contribution in [1.29, 1.82) is 5.26 Å². The molecule has 0 atom stereocenters. The van der Waals surface area contributed by atoms with Gasteiger partial charge in [0.05, 0.1) is 22.8 Å². The Morgan fingerprint density at radius 3 is 2.39 bits per heavy atom. The lowest BCUT2D eigenvalue weighted by Gasteiger charge is -2.37. The summed E-state index contributed by atoms with van der Waals surface area (Å²) in [5, 5.41) is 19.0. The van der Waals surface area contributed by atoms with E-state index in [9.17, 15) is 5.11 Å². The predicted octanol–water partition coefficient (Wildman–Crippen LogP) is 1.68. The Bertz CT molecular complexity index is 470. The van der Waals surface area contributed by atoms with E-state index in [0.29, 0.717) is 5.56 Å². The van der Waals surface area contributed by atoms with Crippen molar-refractivity contribution >= 4 is 12.9 Å². The first-order chi connectivity index (χ1) is 8.19. The fourth-order valence-corrected chi connectivity index (χ4v) is 1.26. The Balaban J connectivity index is 2.86. The molecule has 0 unspecified atom stereocenters. The second kappa shape index (κ2) is 5.13. The summed E-state index contributed by atoms with van der Waals surface area (Å²) in [5.41, 5.74) is 0.707. The first-order valence-corrected chi connectivity index (χ1v) is 5.92. The third-order valence-electron chi connectivity index (χ3n) is 3.45. The predicted molar refractivity (Wildman–Crippen MR) is 72.7 cm³/mol. The van der Waals surface area contributed by atoms with Crippen molar-refractivity contribution in [3.8, 4) is 6.07 Å². The van der Waals surface area contributed by atoms with Crippen LogP contribution >= 0.6 is 0 Å². The lowest BCUT2D eigenvalue weighted by molar-refractivity contribution is -0.0893. The van der Waals surface area contributed by atoms with Gasteiger partial charge in [0.15, 0.2) is 0 Å². The summed E-state index contributed by atoms with van der Waals surface area (Å²) in [6.45, 7) is 8.95. The van der Waals surface area contributed by atoms with E-state index in [0.717, 1.165) is 11.0 Å². The number of nitriles is 1. The lowest BCUT2D eigenvalue weighted by atomic mass is 9.79. The molecule has 1 aromatic rings. The summed E-state index contributed by atoms with van der Waals surface area (Å²) in [4.78, 5) is 0. The number of hydrogen-bond acceptors (Lipinski definition) is 3. The van der Waals surface area contributed by atoms with Crippen LogP contribution in [0.2, 0.25) is 0 Å². The number of hydrogen-bond donors (Lipinski definition) is 1. The maximum Gasteiger partial charge on any atom is 0.331 e. The van der Waals surface area contributed by atoms with Gasteiger partial charge < -0.3 is 9.76 Å². The van der Waals surface area contributed by atoms with Crippen molar-refractivity contribution < 1.29 is 9.76 Å². The zero-order valence-corrected chi connectivity index (χ0v) is 11.6. The summed E-state index contributed by atoms with van der Waals surface area (Å²) in [6, 6.07) is 7.61. The lowest BCUT2D eigenvalue weighted by Crippen LogP contribution is -2.49. The minimum absolute atomic E-state index is 0.633. The molecule has 0 fully saturated rings. The fourth-order valence-electron chi connectivity index (χ4n) is 1.26. The highest BCUT2D eigenvalue weighted by Gasteiger charge is 2.35. The molecule has 0 heterocycles. The normalized spacial score (nSPS) is 12.1. The molecule has 0 saturated carbocycles. The van der Waals surface area contributed by atoms with Crippen LogP contribution in [0.15, 0.2) is 18.2 Å². The molecule has 95 valence electrons. The van der Waals surface area contributed by atoms with Gasteiger partial charge in [0.25, 0.3) is 0 Å². The van der Waals surface area contributed by atoms with E-state index in [1.54, 1.807) is 27.4 Å². The first kappa shape index (κ1) is 14.8. The molecule has 1 N–H and O–H groups in total. The molecule has 0 aliphatic carbocycles. The molecule has 0 saturated heterocycles. The summed E-state index contributed by atoms with van der Waals surface area (Å²) in [7, 11) is 1.61. The highest BCUT2D eigenvalue weighted by Crippen LogP contribution is 2.24. The Labute approximate surface area is 110 Å². The van der Waals surface area contributed by atoms with Crippen LogP contribution in [0.4, 0.5) is 0 Å². The van der Waals surface area contributed by atoms with Crippen molar-refractivity contribution in [1.82, 2.24) is 0 Å².